The summed E-state index contributed by atoms with van der Waals surface area (Å²) in [6, 6.07) is 19.7. The van der Waals surface area contributed by atoms with Crippen molar-refractivity contribution in [1.29, 1.82) is 0 Å². The van der Waals surface area contributed by atoms with E-state index in [4.69, 9.17) is 5.73 Å². The van der Waals surface area contributed by atoms with Crippen LogP contribution in [-0.2, 0) is 16.0 Å². The van der Waals surface area contributed by atoms with E-state index in [9.17, 15) is 9.59 Å². The van der Waals surface area contributed by atoms with Crippen LogP contribution in [0.1, 0.15) is 43.2 Å². The van der Waals surface area contributed by atoms with Gasteiger partial charge in [0.1, 0.15) is 11.4 Å². The van der Waals surface area contributed by atoms with E-state index in [1.165, 1.54) is 0 Å². The maximum Gasteiger partial charge on any atom is 0.228 e. The minimum atomic E-state index is -0.485. The fraction of sp³-hybridized carbons (Fsp3) is 0.333. The predicted molar refractivity (Wildman–Crippen MR) is 164 cm³/mol. The van der Waals surface area contributed by atoms with Crippen LogP contribution in [0.25, 0.3) is 22.2 Å². The number of ketones is 1. The predicted octanol–water partition coefficient (Wildman–Crippen LogP) is 5.92. The van der Waals surface area contributed by atoms with E-state index in [0.29, 0.717) is 37.1 Å². The van der Waals surface area contributed by atoms with Crippen LogP contribution in [0.4, 0.5) is 5.69 Å². The molecule has 0 spiro atoms. The quantitative estimate of drug-likeness (QED) is 0.221. The van der Waals surface area contributed by atoms with Crippen LogP contribution in [0, 0.1) is 17.8 Å². The summed E-state index contributed by atoms with van der Waals surface area (Å²) in [6.45, 7) is 1.02. The van der Waals surface area contributed by atoms with E-state index in [-0.39, 0.29) is 24.0 Å². The highest BCUT2D eigenvalue weighted by Gasteiger charge is 2.30. The van der Waals surface area contributed by atoms with E-state index in [1.807, 2.05) is 54.9 Å². The van der Waals surface area contributed by atoms with Crippen molar-refractivity contribution in [2.45, 2.75) is 38.5 Å². The molecule has 9 heteroatoms. The molecule has 4 N–H and O–H groups in total. The minimum absolute atomic E-state index is 0.00181. The molecule has 1 saturated carbocycles. The Morgan fingerprint density at radius 2 is 1.71 bits per heavy atom. The van der Waals surface area contributed by atoms with E-state index in [1.54, 1.807) is 0 Å². The molecule has 0 unspecified atom stereocenters. The summed E-state index contributed by atoms with van der Waals surface area (Å²) in [6.07, 6.45) is 8.09. The molecule has 1 fully saturated rings. The van der Waals surface area contributed by atoms with Crippen LogP contribution >= 0.6 is 0 Å². The summed E-state index contributed by atoms with van der Waals surface area (Å²) >= 11 is 0. The number of amidine groups is 1. The number of hydrogen-bond acceptors (Lipinski definition) is 7. The van der Waals surface area contributed by atoms with Crippen molar-refractivity contribution < 1.29 is 9.59 Å². The topological polar surface area (TPSA) is 138 Å². The Morgan fingerprint density at radius 3 is 2.43 bits per heavy atom. The van der Waals surface area contributed by atoms with E-state index in [0.717, 1.165) is 59.0 Å². The number of carbonyl (C=O) groups is 2. The average Bonchev–Trinajstić information content (AvgIpc) is 3.74. The van der Waals surface area contributed by atoms with E-state index >= 15 is 0 Å². The number of carbonyl (C=O) groups excluding carboxylic acids is 2. The average molecular weight is 562 g/mol. The number of aromatic amines is 1. The number of nitrogens with two attached hydrogens (primary N) is 1. The lowest BCUT2D eigenvalue weighted by molar-refractivity contribution is -0.129. The Hall–Kier alpha value is -4.50. The first-order valence-corrected chi connectivity index (χ1v) is 14.6. The van der Waals surface area contributed by atoms with Gasteiger partial charge in [-0.3, -0.25) is 9.59 Å². The second kappa shape index (κ2) is 12.6. The number of hydrogen-bond donors (Lipinski definition) is 3. The second-order valence-electron chi connectivity index (χ2n) is 11.3. The lowest BCUT2D eigenvalue weighted by Crippen LogP contribution is -2.31. The molecule has 9 nitrogen and oxygen atoms in total. The molecular formula is C33H35N7O2. The molecule has 1 amide bonds. The van der Waals surface area contributed by atoms with Crippen molar-refractivity contribution in [3.05, 3.63) is 84.2 Å². The molecule has 1 aliphatic carbocycles. The summed E-state index contributed by atoms with van der Waals surface area (Å²) in [5.74, 6) is 0.624. The van der Waals surface area contributed by atoms with Crippen LogP contribution in [0.2, 0.25) is 0 Å². The molecule has 0 radical (unpaired) electrons. The van der Waals surface area contributed by atoms with Gasteiger partial charge in [0, 0.05) is 52.9 Å². The molecule has 214 valence electrons. The highest BCUT2D eigenvalue weighted by atomic mass is 16.2. The van der Waals surface area contributed by atoms with Crippen LogP contribution < -0.4 is 11.1 Å². The molecule has 0 saturated heterocycles. The van der Waals surface area contributed by atoms with Gasteiger partial charge in [-0.05, 0) is 92.1 Å². The first kappa shape index (κ1) is 27.7. The minimum Gasteiger partial charge on any atom is -0.346 e. The van der Waals surface area contributed by atoms with Crippen molar-refractivity contribution >= 4 is 34.2 Å². The van der Waals surface area contributed by atoms with Crippen molar-refractivity contribution in [1.82, 2.24) is 9.97 Å². The zero-order chi connectivity index (χ0) is 28.9. The van der Waals surface area contributed by atoms with E-state index in [2.05, 4.69) is 48.7 Å². The van der Waals surface area contributed by atoms with Gasteiger partial charge in [0.2, 0.25) is 5.91 Å². The Kier molecular flexibility index (Phi) is 8.28. The lowest BCUT2D eigenvalue weighted by atomic mass is 9.77. The van der Waals surface area contributed by atoms with E-state index < -0.39 is 5.92 Å². The Labute approximate surface area is 244 Å². The molecule has 42 heavy (non-hydrogen) atoms. The third-order valence-corrected chi connectivity index (χ3v) is 8.48. The number of nitrogens with one attached hydrogen (secondary N) is 2. The fourth-order valence-corrected chi connectivity index (χ4v) is 5.93. The number of Topliss-reactive ketones (excluding diaryl/α,β-unsaturated/α-hetero) is 1. The van der Waals surface area contributed by atoms with Crippen molar-refractivity contribution in [3.63, 3.8) is 0 Å². The number of azo groups is 1. The molecular weight excluding hydrogens is 526 g/mol. The fourth-order valence-electron chi connectivity index (χ4n) is 5.93. The summed E-state index contributed by atoms with van der Waals surface area (Å²) in [4.78, 5) is 38.9. The highest BCUT2D eigenvalue weighted by molar-refractivity contribution is 6.01. The van der Waals surface area contributed by atoms with Crippen LogP contribution in [0.5, 0.6) is 0 Å². The molecule has 2 aromatic carbocycles. The van der Waals surface area contributed by atoms with Gasteiger partial charge in [0.25, 0.3) is 0 Å². The molecule has 4 aromatic rings. The summed E-state index contributed by atoms with van der Waals surface area (Å²) in [5.41, 5.74) is 11.3. The number of fused-ring (bicyclic) bond motifs is 1. The molecule has 3 heterocycles. The first-order valence-electron chi connectivity index (χ1n) is 14.6. The van der Waals surface area contributed by atoms with Gasteiger partial charge in [0.05, 0.1) is 0 Å². The van der Waals surface area contributed by atoms with Crippen molar-refractivity contribution in [3.8, 4) is 11.1 Å². The third kappa shape index (κ3) is 6.36. The maximum absolute atomic E-state index is 13.6. The maximum atomic E-state index is 13.6. The highest BCUT2D eigenvalue weighted by Crippen LogP contribution is 2.31. The normalized spacial score (nSPS) is 19.0. The molecule has 2 aromatic heterocycles. The Balaban J connectivity index is 1.17. The smallest absolute Gasteiger partial charge is 0.228 e. The van der Waals surface area contributed by atoms with Crippen LogP contribution in [0.15, 0.2) is 88.3 Å². The number of pyridine rings is 1. The van der Waals surface area contributed by atoms with Gasteiger partial charge in [-0.25, -0.2) is 9.98 Å². The zero-order valence-corrected chi connectivity index (χ0v) is 23.5. The Bertz CT molecular complexity index is 1610. The standard InChI is InChI=1S/C33H35N7O2/c34-18-22-3-7-24(8-4-22)30(41)17-27(33(42)39-29-11-9-25(10-12-29)32-37-20-38-40-32)15-21-1-5-23(6-2-21)28-16-26-13-14-35-31(26)36-19-28/h1-2,5-6,9-14,16,19,22,24,27H,3-4,7-8,15,17-18,20,34H2,(H,35,36)(H,39,42)/t22?,24?,27-/m1/s1. The molecule has 2 aliphatic rings. The Morgan fingerprint density at radius 1 is 0.952 bits per heavy atom. The van der Waals surface area contributed by atoms with Gasteiger partial charge in [-0.2, -0.15) is 5.11 Å². The van der Waals surface area contributed by atoms with Gasteiger partial charge in [-0.15, -0.1) is 5.11 Å². The lowest BCUT2D eigenvalue weighted by Gasteiger charge is -2.27. The van der Waals surface area contributed by atoms with Crippen molar-refractivity contribution in [2.24, 2.45) is 38.7 Å². The van der Waals surface area contributed by atoms with Crippen molar-refractivity contribution in [2.75, 3.05) is 18.5 Å². The van der Waals surface area contributed by atoms with Crippen LogP contribution in [-0.4, -0.2) is 40.7 Å². The number of anilines is 1. The SMILES string of the molecule is NCC1CCC(C(=O)C[C@@H](Cc2ccc(-c3cnc4[nH]ccc4c3)cc2)C(=O)Nc2ccc(C3=NCN=N3)cc2)CC1. The molecule has 1 aliphatic heterocycles. The zero-order valence-electron chi connectivity index (χ0n) is 23.5. The first-order chi connectivity index (χ1) is 20.6. The second-order valence-corrected chi connectivity index (χ2v) is 11.3. The number of rotatable bonds is 10. The summed E-state index contributed by atoms with van der Waals surface area (Å²) < 4.78 is 0. The van der Waals surface area contributed by atoms with Gasteiger partial charge in [-0.1, -0.05) is 24.3 Å². The summed E-state index contributed by atoms with van der Waals surface area (Å²) in [5, 5.41) is 12.0. The monoisotopic (exact) mass is 561 g/mol. The third-order valence-electron chi connectivity index (χ3n) is 8.48. The molecule has 6 rings (SSSR count). The number of benzene rings is 2. The number of aromatic nitrogens is 2. The molecule has 1 atom stereocenters. The van der Waals surface area contributed by atoms with Crippen LogP contribution in [0.3, 0.4) is 0 Å². The molecule has 0 bridgehead atoms. The number of H-pyrrole nitrogens is 1. The number of aliphatic imine (C=N–C) groups is 1. The number of amides is 1. The number of nitrogens with zero attached hydrogens (tertiary/aromatic N) is 4. The van der Waals surface area contributed by atoms with Gasteiger partial charge < -0.3 is 16.0 Å². The largest absolute Gasteiger partial charge is 0.346 e. The van der Waals surface area contributed by atoms with Gasteiger partial charge in [0.15, 0.2) is 12.5 Å². The summed E-state index contributed by atoms with van der Waals surface area (Å²) in [7, 11) is 0. The van der Waals surface area contributed by atoms with Gasteiger partial charge >= 0.3 is 0 Å².